The number of amides is 1. The zero-order valence-electron chi connectivity index (χ0n) is 14.3. The smallest absolute Gasteiger partial charge is 0.416 e. The molecule has 0 saturated heterocycles. The summed E-state index contributed by atoms with van der Waals surface area (Å²) < 4.78 is 43.3. The van der Waals surface area contributed by atoms with Gasteiger partial charge in [-0.25, -0.2) is 0 Å². The number of nitrogens with one attached hydrogen (secondary N) is 2. The minimum atomic E-state index is -4.45. The summed E-state index contributed by atoms with van der Waals surface area (Å²) in [6.07, 6.45) is -4.22. The Morgan fingerprint density at radius 1 is 1.15 bits per heavy atom. The molecule has 4 N–H and O–H groups in total. The van der Waals surface area contributed by atoms with E-state index >= 15 is 0 Å². The number of rotatable bonds is 5. The van der Waals surface area contributed by atoms with Crippen LogP contribution < -0.4 is 15.8 Å². The SMILES string of the molecule is COc1ccc(CC(C(=O)NC(=N)N)c2ccc(C(F)(F)F)cc2)cc1.Cl. The van der Waals surface area contributed by atoms with Gasteiger partial charge >= 0.3 is 6.18 Å². The van der Waals surface area contributed by atoms with E-state index in [1.165, 1.54) is 19.2 Å². The van der Waals surface area contributed by atoms with Crippen LogP contribution in [0.1, 0.15) is 22.6 Å². The molecule has 1 amide bonds. The normalized spacial score (nSPS) is 11.9. The van der Waals surface area contributed by atoms with Crippen molar-refractivity contribution < 1.29 is 22.7 Å². The number of carbonyl (C=O) groups excluding carboxylic acids is 1. The van der Waals surface area contributed by atoms with E-state index < -0.39 is 29.5 Å². The minimum Gasteiger partial charge on any atom is -0.497 e. The van der Waals surface area contributed by atoms with Crippen LogP contribution in [0.15, 0.2) is 48.5 Å². The fourth-order valence-electron chi connectivity index (χ4n) is 2.48. The summed E-state index contributed by atoms with van der Waals surface area (Å²) in [6.45, 7) is 0. The average molecular weight is 402 g/mol. The van der Waals surface area contributed by atoms with Crippen LogP contribution in [-0.4, -0.2) is 19.0 Å². The van der Waals surface area contributed by atoms with E-state index in [0.29, 0.717) is 11.3 Å². The maximum absolute atomic E-state index is 12.7. The molecule has 0 bridgehead atoms. The summed E-state index contributed by atoms with van der Waals surface area (Å²) in [6, 6.07) is 11.3. The van der Waals surface area contributed by atoms with Gasteiger partial charge in [0.15, 0.2) is 5.96 Å². The first kappa shape index (κ1) is 22.3. The number of alkyl halides is 3. The fraction of sp³-hybridized carbons (Fsp3) is 0.222. The van der Waals surface area contributed by atoms with E-state index in [1.54, 1.807) is 24.3 Å². The van der Waals surface area contributed by atoms with Crippen LogP contribution in [0.25, 0.3) is 0 Å². The highest BCUT2D eigenvalue weighted by molar-refractivity contribution is 5.98. The minimum absolute atomic E-state index is 0. The average Bonchev–Trinajstić information content (AvgIpc) is 2.59. The van der Waals surface area contributed by atoms with Crippen LogP contribution >= 0.6 is 12.4 Å². The number of nitrogens with two attached hydrogens (primary N) is 1. The van der Waals surface area contributed by atoms with Gasteiger partial charge < -0.3 is 10.5 Å². The lowest BCUT2D eigenvalue weighted by Crippen LogP contribution is -2.39. The van der Waals surface area contributed by atoms with Gasteiger partial charge in [0.1, 0.15) is 5.75 Å². The second kappa shape index (κ2) is 9.27. The fourth-order valence-corrected chi connectivity index (χ4v) is 2.48. The number of methoxy groups -OCH3 is 1. The number of carbonyl (C=O) groups is 1. The number of guanidine groups is 1. The van der Waals surface area contributed by atoms with Crippen molar-refractivity contribution in [3.63, 3.8) is 0 Å². The number of ether oxygens (including phenoxy) is 1. The third kappa shape index (κ3) is 6.18. The third-order valence-electron chi connectivity index (χ3n) is 3.81. The predicted molar refractivity (Wildman–Crippen MR) is 98.2 cm³/mol. The Kier molecular flexibility index (Phi) is 7.66. The summed E-state index contributed by atoms with van der Waals surface area (Å²) in [5.74, 6) is -1.24. The van der Waals surface area contributed by atoms with Crippen molar-refractivity contribution in [2.75, 3.05) is 7.11 Å². The molecule has 0 radical (unpaired) electrons. The van der Waals surface area contributed by atoms with Crippen LogP contribution in [0, 0.1) is 5.41 Å². The summed E-state index contributed by atoms with van der Waals surface area (Å²) in [5, 5.41) is 9.41. The zero-order chi connectivity index (χ0) is 19.3. The van der Waals surface area contributed by atoms with Gasteiger partial charge in [0.2, 0.25) is 5.91 Å². The van der Waals surface area contributed by atoms with Crippen molar-refractivity contribution in [3.8, 4) is 5.75 Å². The Balaban J connectivity index is 0.00000364. The standard InChI is InChI=1S/C18H18F3N3O2.ClH/c1-26-14-8-2-11(3-9-14)10-15(16(25)24-17(22)23)12-4-6-13(7-5-12)18(19,20)21;/h2-9,15H,10H2,1H3,(H4,22,23,24,25);1H. The highest BCUT2D eigenvalue weighted by Crippen LogP contribution is 2.31. The zero-order valence-corrected chi connectivity index (χ0v) is 15.2. The van der Waals surface area contributed by atoms with Crippen LogP contribution in [-0.2, 0) is 17.4 Å². The molecule has 0 saturated carbocycles. The van der Waals surface area contributed by atoms with Gasteiger partial charge in [0.25, 0.3) is 0 Å². The molecule has 1 unspecified atom stereocenters. The van der Waals surface area contributed by atoms with Crippen molar-refractivity contribution in [2.45, 2.75) is 18.5 Å². The first-order valence-corrected chi connectivity index (χ1v) is 7.65. The number of hydrogen-bond acceptors (Lipinski definition) is 3. The predicted octanol–water partition coefficient (Wildman–Crippen LogP) is 3.47. The Bertz CT molecular complexity index is 778. The van der Waals surface area contributed by atoms with E-state index in [1.807, 2.05) is 0 Å². The molecular formula is C18H19ClF3N3O2. The molecule has 0 spiro atoms. The molecule has 5 nitrogen and oxygen atoms in total. The first-order valence-electron chi connectivity index (χ1n) is 7.65. The highest BCUT2D eigenvalue weighted by atomic mass is 35.5. The van der Waals surface area contributed by atoms with Crippen LogP contribution in [0.2, 0.25) is 0 Å². The van der Waals surface area contributed by atoms with E-state index in [0.717, 1.165) is 17.7 Å². The summed E-state index contributed by atoms with van der Waals surface area (Å²) in [5.41, 5.74) is 5.60. The van der Waals surface area contributed by atoms with E-state index in [2.05, 4.69) is 5.32 Å². The summed E-state index contributed by atoms with van der Waals surface area (Å²) in [4.78, 5) is 12.4. The van der Waals surface area contributed by atoms with Gasteiger partial charge in [-0.15, -0.1) is 12.4 Å². The van der Waals surface area contributed by atoms with Gasteiger partial charge in [-0.05, 0) is 41.8 Å². The Labute approximate surface area is 160 Å². The molecule has 0 aliphatic rings. The van der Waals surface area contributed by atoms with Crippen molar-refractivity contribution in [1.29, 1.82) is 5.41 Å². The van der Waals surface area contributed by atoms with Crippen molar-refractivity contribution in [1.82, 2.24) is 5.32 Å². The Morgan fingerprint density at radius 2 is 1.70 bits per heavy atom. The lowest BCUT2D eigenvalue weighted by Gasteiger charge is -2.18. The Hall–Kier alpha value is -2.74. The molecule has 0 aliphatic carbocycles. The molecule has 2 aromatic rings. The molecule has 27 heavy (non-hydrogen) atoms. The van der Waals surface area contributed by atoms with Gasteiger partial charge in [0.05, 0.1) is 18.6 Å². The monoisotopic (exact) mass is 401 g/mol. The second-order valence-corrected chi connectivity index (χ2v) is 5.63. The number of hydrogen-bond donors (Lipinski definition) is 3. The Morgan fingerprint density at radius 3 is 2.15 bits per heavy atom. The highest BCUT2D eigenvalue weighted by Gasteiger charge is 2.31. The maximum atomic E-state index is 12.7. The summed E-state index contributed by atoms with van der Waals surface area (Å²) >= 11 is 0. The number of benzene rings is 2. The molecular weight excluding hydrogens is 383 g/mol. The molecule has 0 aromatic heterocycles. The van der Waals surface area contributed by atoms with Gasteiger partial charge in [-0.1, -0.05) is 24.3 Å². The molecule has 1 atom stereocenters. The molecule has 2 aromatic carbocycles. The van der Waals surface area contributed by atoms with Crippen LogP contribution in [0.3, 0.4) is 0 Å². The molecule has 146 valence electrons. The summed E-state index contributed by atoms with van der Waals surface area (Å²) in [7, 11) is 1.53. The van der Waals surface area contributed by atoms with Crippen molar-refractivity contribution >= 4 is 24.3 Å². The lowest BCUT2D eigenvalue weighted by molar-refractivity contribution is -0.137. The second-order valence-electron chi connectivity index (χ2n) is 5.63. The van der Waals surface area contributed by atoms with E-state index in [4.69, 9.17) is 15.9 Å². The van der Waals surface area contributed by atoms with Gasteiger partial charge in [0, 0.05) is 0 Å². The molecule has 0 heterocycles. The maximum Gasteiger partial charge on any atom is 0.416 e. The molecule has 2 rings (SSSR count). The topological polar surface area (TPSA) is 88.2 Å². The molecule has 0 fully saturated rings. The van der Waals surface area contributed by atoms with Gasteiger partial charge in [-0.3, -0.25) is 15.5 Å². The number of halogens is 4. The van der Waals surface area contributed by atoms with Crippen LogP contribution in [0.4, 0.5) is 13.2 Å². The van der Waals surface area contributed by atoms with E-state index in [-0.39, 0.29) is 18.8 Å². The third-order valence-corrected chi connectivity index (χ3v) is 3.81. The van der Waals surface area contributed by atoms with Crippen molar-refractivity contribution in [3.05, 3.63) is 65.2 Å². The first-order chi connectivity index (χ1) is 12.2. The van der Waals surface area contributed by atoms with Crippen LogP contribution in [0.5, 0.6) is 5.75 Å². The van der Waals surface area contributed by atoms with Gasteiger partial charge in [-0.2, -0.15) is 13.2 Å². The van der Waals surface area contributed by atoms with Crippen molar-refractivity contribution in [2.24, 2.45) is 5.73 Å². The molecule has 9 heteroatoms. The van der Waals surface area contributed by atoms with E-state index in [9.17, 15) is 18.0 Å². The largest absolute Gasteiger partial charge is 0.497 e. The lowest BCUT2D eigenvalue weighted by atomic mass is 9.90. The quantitative estimate of drug-likeness (QED) is 0.529. The molecule has 0 aliphatic heterocycles.